The van der Waals surface area contributed by atoms with Gasteiger partial charge in [0.2, 0.25) is 5.91 Å². The zero-order valence-corrected chi connectivity index (χ0v) is 14.7. The van der Waals surface area contributed by atoms with E-state index in [4.69, 9.17) is 0 Å². The highest BCUT2D eigenvalue weighted by molar-refractivity contribution is 5.79. The van der Waals surface area contributed by atoms with Crippen molar-refractivity contribution in [3.63, 3.8) is 0 Å². The number of likely N-dealkylation sites (tertiary alicyclic amines) is 2. The molecule has 3 amide bonds. The first-order valence-electron chi connectivity index (χ1n) is 9.31. The average Bonchev–Trinajstić information content (AvgIpc) is 3.26. The van der Waals surface area contributed by atoms with E-state index in [-0.39, 0.29) is 17.9 Å². The van der Waals surface area contributed by atoms with Crippen LogP contribution in [-0.4, -0.2) is 69.1 Å². The van der Waals surface area contributed by atoms with E-state index < -0.39 is 0 Å². The van der Waals surface area contributed by atoms with E-state index in [1.807, 2.05) is 16.7 Å². The van der Waals surface area contributed by atoms with E-state index in [9.17, 15) is 9.59 Å². The topological polar surface area (TPSA) is 94.2 Å². The lowest BCUT2D eigenvalue weighted by atomic mass is 9.96. The second-order valence-corrected chi connectivity index (χ2v) is 7.57. The van der Waals surface area contributed by atoms with Gasteiger partial charge in [-0.05, 0) is 32.6 Å². The molecule has 3 heterocycles. The summed E-state index contributed by atoms with van der Waals surface area (Å²) in [5.41, 5.74) is 0. The highest BCUT2D eigenvalue weighted by Gasteiger charge is 2.39. The SMILES string of the molecule is Cc1nc(C2CCN(C(=O)NCC3CC(=O)N(C4CC4)C3)CC2)n[nH]1. The predicted octanol–water partition coefficient (Wildman–Crippen LogP) is 1.01. The fourth-order valence-electron chi connectivity index (χ4n) is 3.91. The van der Waals surface area contributed by atoms with Crippen molar-refractivity contribution in [1.29, 1.82) is 0 Å². The minimum atomic E-state index is -0.0121. The third-order valence-corrected chi connectivity index (χ3v) is 5.53. The van der Waals surface area contributed by atoms with Gasteiger partial charge in [0.05, 0.1) is 0 Å². The van der Waals surface area contributed by atoms with Gasteiger partial charge in [-0.3, -0.25) is 9.89 Å². The molecule has 0 aromatic carbocycles. The van der Waals surface area contributed by atoms with Crippen LogP contribution in [0, 0.1) is 12.8 Å². The van der Waals surface area contributed by atoms with E-state index in [2.05, 4.69) is 20.5 Å². The van der Waals surface area contributed by atoms with Crippen molar-refractivity contribution < 1.29 is 9.59 Å². The van der Waals surface area contributed by atoms with Gasteiger partial charge in [0.25, 0.3) is 0 Å². The predicted molar refractivity (Wildman–Crippen MR) is 90.9 cm³/mol. The van der Waals surface area contributed by atoms with Crippen LogP contribution in [0.2, 0.25) is 0 Å². The molecule has 0 radical (unpaired) electrons. The van der Waals surface area contributed by atoms with Crippen LogP contribution in [0.3, 0.4) is 0 Å². The van der Waals surface area contributed by atoms with E-state index in [0.29, 0.717) is 24.9 Å². The van der Waals surface area contributed by atoms with Crippen molar-refractivity contribution in [2.24, 2.45) is 5.92 Å². The summed E-state index contributed by atoms with van der Waals surface area (Å²) < 4.78 is 0. The Labute approximate surface area is 147 Å². The molecule has 1 aromatic rings. The van der Waals surface area contributed by atoms with Crippen molar-refractivity contribution in [3.8, 4) is 0 Å². The maximum absolute atomic E-state index is 12.4. The van der Waals surface area contributed by atoms with Gasteiger partial charge in [-0.1, -0.05) is 0 Å². The molecule has 25 heavy (non-hydrogen) atoms. The van der Waals surface area contributed by atoms with Gasteiger partial charge in [-0.2, -0.15) is 5.10 Å². The third-order valence-electron chi connectivity index (χ3n) is 5.53. The number of nitrogens with zero attached hydrogens (tertiary/aromatic N) is 4. The van der Waals surface area contributed by atoms with Crippen molar-refractivity contribution in [2.45, 2.75) is 51.0 Å². The Morgan fingerprint density at radius 3 is 2.68 bits per heavy atom. The van der Waals surface area contributed by atoms with Crippen LogP contribution in [0.15, 0.2) is 0 Å². The number of rotatable bonds is 4. The van der Waals surface area contributed by atoms with E-state index >= 15 is 0 Å². The number of aromatic amines is 1. The van der Waals surface area contributed by atoms with Gasteiger partial charge in [0, 0.05) is 50.5 Å². The summed E-state index contributed by atoms with van der Waals surface area (Å²) in [6, 6.07) is 0.466. The fourth-order valence-corrected chi connectivity index (χ4v) is 3.91. The fraction of sp³-hybridized carbons (Fsp3) is 0.765. The molecule has 4 rings (SSSR count). The normalized spacial score (nSPS) is 24.8. The average molecular weight is 346 g/mol. The number of piperidine rings is 1. The van der Waals surface area contributed by atoms with E-state index in [1.165, 1.54) is 0 Å². The van der Waals surface area contributed by atoms with Crippen LogP contribution in [0.1, 0.15) is 49.7 Å². The maximum Gasteiger partial charge on any atom is 0.317 e. The molecule has 1 saturated carbocycles. The molecule has 1 aliphatic carbocycles. The number of hydrogen-bond donors (Lipinski definition) is 2. The number of aryl methyl sites for hydroxylation is 1. The second-order valence-electron chi connectivity index (χ2n) is 7.57. The number of carbonyl (C=O) groups is 2. The molecule has 8 heteroatoms. The lowest BCUT2D eigenvalue weighted by Crippen LogP contribution is -2.45. The van der Waals surface area contributed by atoms with E-state index in [0.717, 1.165) is 57.0 Å². The summed E-state index contributed by atoms with van der Waals surface area (Å²) in [4.78, 5) is 32.6. The molecule has 2 aliphatic heterocycles. The van der Waals surface area contributed by atoms with Gasteiger partial charge < -0.3 is 15.1 Å². The van der Waals surface area contributed by atoms with Crippen molar-refractivity contribution in [1.82, 2.24) is 30.3 Å². The number of nitrogens with one attached hydrogen (secondary N) is 2. The summed E-state index contributed by atoms with van der Waals surface area (Å²) in [5.74, 6) is 2.53. The number of H-pyrrole nitrogens is 1. The lowest BCUT2D eigenvalue weighted by molar-refractivity contribution is -0.128. The molecule has 1 unspecified atom stereocenters. The molecule has 2 N–H and O–H groups in total. The first kappa shape index (κ1) is 16.4. The molecule has 3 fully saturated rings. The van der Waals surface area contributed by atoms with Crippen LogP contribution in [0.25, 0.3) is 0 Å². The molecule has 2 saturated heterocycles. The Bertz CT molecular complexity index is 647. The van der Waals surface area contributed by atoms with Crippen molar-refractivity contribution >= 4 is 11.9 Å². The van der Waals surface area contributed by atoms with Crippen molar-refractivity contribution in [2.75, 3.05) is 26.2 Å². The molecular weight excluding hydrogens is 320 g/mol. The molecule has 0 bridgehead atoms. The highest BCUT2D eigenvalue weighted by atomic mass is 16.2. The minimum Gasteiger partial charge on any atom is -0.339 e. The molecule has 8 nitrogen and oxygen atoms in total. The molecular formula is C17H26N6O2. The first-order valence-corrected chi connectivity index (χ1v) is 9.31. The summed E-state index contributed by atoms with van der Waals surface area (Å²) >= 11 is 0. The number of hydrogen-bond acceptors (Lipinski definition) is 4. The Morgan fingerprint density at radius 1 is 1.28 bits per heavy atom. The monoisotopic (exact) mass is 346 g/mol. The van der Waals surface area contributed by atoms with Crippen LogP contribution in [0.4, 0.5) is 4.79 Å². The Balaban J connectivity index is 1.21. The number of urea groups is 1. The Morgan fingerprint density at radius 2 is 2.04 bits per heavy atom. The van der Waals surface area contributed by atoms with Crippen LogP contribution in [-0.2, 0) is 4.79 Å². The van der Waals surface area contributed by atoms with E-state index in [1.54, 1.807) is 0 Å². The summed E-state index contributed by atoms with van der Waals surface area (Å²) in [7, 11) is 0. The molecule has 0 spiro atoms. The van der Waals surface area contributed by atoms with Gasteiger partial charge in [0.1, 0.15) is 5.82 Å². The largest absolute Gasteiger partial charge is 0.339 e. The smallest absolute Gasteiger partial charge is 0.317 e. The Hall–Kier alpha value is -2.12. The number of amides is 3. The molecule has 136 valence electrons. The quantitative estimate of drug-likeness (QED) is 0.851. The third kappa shape index (κ3) is 3.62. The number of carbonyl (C=O) groups excluding carboxylic acids is 2. The van der Waals surface area contributed by atoms with Crippen LogP contribution in [0.5, 0.6) is 0 Å². The summed E-state index contributed by atoms with van der Waals surface area (Å²) in [6.07, 6.45) is 4.64. The molecule has 1 aromatic heterocycles. The summed E-state index contributed by atoms with van der Waals surface area (Å²) in [6.45, 7) is 4.74. The zero-order valence-electron chi connectivity index (χ0n) is 14.7. The van der Waals surface area contributed by atoms with Crippen LogP contribution < -0.4 is 5.32 Å². The standard InChI is InChI=1S/C17H26N6O2/c1-11-19-16(21-20-11)13-4-6-22(7-5-13)17(25)18-9-12-8-15(24)23(10-12)14-2-3-14/h12-14H,2-10H2,1H3,(H,18,25)(H,19,20,21). The van der Waals surface area contributed by atoms with Gasteiger partial charge in [0.15, 0.2) is 5.82 Å². The van der Waals surface area contributed by atoms with Gasteiger partial charge in [-0.25, -0.2) is 9.78 Å². The lowest BCUT2D eigenvalue weighted by Gasteiger charge is -2.31. The zero-order chi connectivity index (χ0) is 17.4. The molecule has 3 aliphatic rings. The highest BCUT2D eigenvalue weighted by Crippen LogP contribution is 2.32. The maximum atomic E-state index is 12.4. The second kappa shape index (κ2) is 6.65. The molecule has 1 atom stereocenters. The number of aromatic nitrogens is 3. The van der Waals surface area contributed by atoms with Crippen LogP contribution >= 0.6 is 0 Å². The Kier molecular flexibility index (Phi) is 4.35. The minimum absolute atomic E-state index is 0.0121. The van der Waals surface area contributed by atoms with Crippen molar-refractivity contribution in [3.05, 3.63) is 11.6 Å². The van der Waals surface area contributed by atoms with Gasteiger partial charge in [-0.15, -0.1) is 0 Å². The van der Waals surface area contributed by atoms with Gasteiger partial charge >= 0.3 is 6.03 Å². The summed E-state index contributed by atoms with van der Waals surface area (Å²) in [5, 5.41) is 10.1. The first-order chi connectivity index (χ1) is 12.1.